The summed E-state index contributed by atoms with van der Waals surface area (Å²) in [5, 5.41) is 0. The minimum atomic E-state index is 0.918. The third-order valence-electron chi connectivity index (χ3n) is 3.51. The second-order valence-electron chi connectivity index (χ2n) is 5.87. The molecular formula is C17H34. The number of unbranched alkanes of at least 4 members (excludes halogenated alkanes) is 6. The van der Waals surface area contributed by atoms with Crippen LogP contribution in [0.25, 0.3) is 0 Å². The maximum absolute atomic E-state index is 2.41. The molecule has 0 rings (SSSR count). The minimum Gasteiger partial charge on any atom is -0.0859 e. The quantitative estimate of drug-likeness (QED) is 0.284. The van der Waals surface area contributed by atoms with Gasteiger partial charge < -0.3 is 0 Å². The molecule has 0 aromatic carbocycles. The van der Waals surface area contributed by atoms with Crippen LogP contribution in [0.15, 0.2) is 11.6 Å². The molecule has 0 radical (unpaired) electrons. The molecule has 0 heteroatoms. The van der Waals surface area contributed by atoms with Crippen molar-refractivity contribution in [1.82, 2.24) is 0 Å². The van der Waals surface area contributed by atoms with E-state index in [0.717, 1.165) is 5.92 Å². The van der Waals surface area contributed by atoms with Gasteiger partial charge in [0, 0.05) is 0 Å². The summed E-state index contributed by atoms with van der Waals surface area (Å²) in [7, 11) is 0. The van der Waals surface area contributed by atoms with Gasteiger partial charge in [0.25, 0.3) is 0 Å². The minimum absolute atomic E-state index is 0.918. The van der Waals surface area contributed by atoms with Crippen LogP contribution < -0.4 is 0 Å². The molecule has 0 spiro atoms. The van der Waals surface area contributed by atoms with Gasteiger partial charge in [-0.25, -0.2) is 0 Å². The average molecular weight is 238 g/mol. The first-order chi connectivity index (χ1) is 8.16. The molecule has 0 aliphatic rings. The normalized spacial score (nSPS) is 12.5. The summed E-state index contributed by atoms with van der Waals surface area (Å²) >= 11 is 0. The maximum atomic E-state index is 2.41. The summed E-state index contributed by atoms with van der Waals surface area (Å²) in [5.41, 5.74) is 1.47. The lowest BCUT2D eigenvalue weighted by molar-refractivity contribution is 0.458. The molecule has 0 fully saturated rings. The van der Waals surface area contributed by atoms with Gasteiger partial charge in [-0.3, -0.25) is 0 Å². The molecule has 0 aliphatic heterocycles. The molecule has 0 saturated carbocycles. The Labute approximate surface area is 110 Å². The van der Waals surface area contributed by atoms with Crippen molar-refractivity contribution >= 4 is 0 Å². The van der Waals surface area contributed by atoms with Gasteiger partial charge >= 0.3 is 0 Å². The summed E-state index contributed by atoms with van der Waals surface area (Å²) < 4.78 is 0. The highest BCUT2D eigenvalue weighted by Gasteiger charge is 2.00. The van der Waals surface area contributed by atoms with E-state index in [9.17, 15) is 0 Å². The molecule has 0 N–H and O–H groups in total. The van der Waals surface area contributed by atoms with E-state index in [1.165, 1.54) is 69.8 Å². The number of hydrogen-bond acceptors (Lipinski definition) is 0. The summed E-state index contributed by atoms with van der Waals surface area (Å²) in [6.45, 7) is 9.09. The van der Waals surface area contributed by atoms with Gasteiger partial charge in [-0.05, 0) is 32.6 Å². The average Bonchev–Trinajstić information content (AvgIpc) is 2.27. The molecule has 0 nitrogen and oxygen atoms in total. The Morgan fingerprint density at radius 3 is 2.06 bits per heavy atom. The van der Waals surface area contributed by atoms with Crippen molar-refractivity contribution in [1.29, 1.82) is 0 Å². The molecule has 0 amide bonds. The molecule has 0 unspecified atom stereocenters. The van der Waals surface area contributed by atoms with E-state index >= 15 is 0 Å². The predicted molar refractivity (Wildman–Crippen MR) is 80.4 cm³/mol. The highest BCUT2D eigenvalue weighted by Crippen LogP contribution is 2.17. The molecule has 0 bridgehead atoms. The monoisotopic (exact) mass is 238 g/mol. The van der Waals surface area contributed by atoms with Crippen LogP contribution in [0.4, 0.5) is 0 Å². The number of hydrogen-bond donors (Lipinski definition) is 0. The lowest BCUT2D eigenvalue weighted by Crippen LogP contribution is -1.94. The number of allylic oxidation sites excluding steroid dienone is 2. The molecule has 0 aromatic rings. The van der Waals surface area contributed by atoms with Gasteiger partial charge in [0.15, 0.2) is 0 Å². The van der Waals surface area contributed by atoms with Crippen molar-refractivity contribution in [2.75, 3.05) is 0 Å². The van der Waals surface area contributed by atoms with Crippen LogP contribution in [-0.4, -0.2) is 0 Å². The van der Waals surface area contributed by atoms with Gasteiger partial charge in [-0.2, -0.15) is 0 Å². The van der Waals surface area contributed by atoms with E-state index in [4.69, 9.17) is 0 Å². The Hall–Kier alpha value is -0.260. The Morgan fingerprint density at radius 1 is 0.882 bits per heavy atom. The summed E-state index contributed by atoms with van der Waals surface area (Å²) in [6.07, 6.45) is 16.5. The zero-order chi connectivity index (χ0) is 12.9. The van der Waals surface area contributed by atoms with Crippen molar-refractivity contribution in [3.8, 4) is 0 Å². The molecule has 0 heterocycles. The van der Waals surface area contributed by atoms with Crippen molar-refractivity contribution in [3.63, 3.8) is 0 Å². The Kier molecular flexibility index (Phi) is 12.0. The second kappa shape index (κ2) is 12.2. The van der Waals surface area contributed by atoms with Gasteiger partial charge in [0.1, 0.15) is 0 Å². The Morgan fingerprint density at radius 2 is 1.47 bits per heavy atom. The van der Waals surface area contributed by atoms with E-state index in [1.807, 2.05) is 0 Å². The molecule has 0 saturated heterocycles. The fraction of sp³-hybridized carbons (Fsp3) is 0.882. The highest BCUT2D eigenvalue weighted by molar-refractivity contribution is 4.92. The van der Waals surface area contributed by atoms with Crippen molar-refractivity contribution in [2.24, 2.45) is 5.92 Å². The SMILES string of the molecule is CCCCCCCCC[C@H](C)CCC=C(C)C. The smallest absolute Gasteiger partial charge is 0.0346 e. The van der Waals surface area contributed by atoms with Crippen LogP contribution in [0.5, 0.6) is 0 Å². The Bertz CT molecular complexity index is 174. The molecule has 1 atom stereocenters. The van der Waals surface area contributed by atoms with E-state index in [-0.39, 0.29) is 0 Å². The van der Waals surface area contributed by atoms with Gasteiger partial charge in [-0.15, -0.1) is 0 Å². The molecule has 0 aromatic heterocycles. The summed E-state index contributed by atoms with van der Waals surface area (Å²) in [5.74, 6) is 0.918. The lowest BCUT2D eigenvalue weighted by atomic mass is 9.97. The van der Waals surface area contributed by atoms with Crippen molar-refractivity contribution < 1.29 is 0 Å². The Balaban J connectivity index is 3.21. The first-order valence-corrected chi connectivity index (χ1v) is 7.80. The van der Waals surface area contributed by atoms with Crippen LogP contribution in [0.1, 0.15) is 91.9 Å². The highest BCUT2D eigenvalue weighted by atomic mass is 14.1. The third-order valence-corrected chi connectivity index (χ3v) is 3.51. The zero-order valence-electron chi connectivity index (χ0n) is 12.7. The van der Waals surface area contributed by atoms with Crippen LogP contribution >= 0.6 is 0 Å². The van der Waals surface area contributed by atoms with Gasteiger partial charge in [0.2, 0.25) is 0 Å². The first-order valence-electron chi connectivity index (χ1n) is 7.80. The van der Waals surface area contributed by atoms with E-state index in [1.54, 1.807) is 0 Å². The second-order valence-corrected chi connectivity index (χ2v) is 5.87. The van der Waals surface area contributed by atoms with Gasteiger partial charge in [0.05, 0.1) is 0 Å². The van der Waals surface area contributed by atoms with Gasteiger partial charge in [-0.1, -0.05) is 76.9 Å². The van der Waals surface area contributed by atoms with E-state index in [2.05, 4.69) is 33.8 Å². The van der Waals surface area contributed by atoms with Crippen LogP contribution in [0.2, 0.25) is 0 Å². The summed E-state index contributed by atoms with van der Waals surface area (Å²) in [6, 6.07) is 0. The lowest BCUT2D eigenvalue weighted by Gasteiger charge is -2.09. The van der Waals surface area contributed by atoms with Crippen molar-refractivity contribution in [3.05, 3.63) is 11.6 Å². The van der Waals surface area contributed by atoms with Crippen LogP contribution in [0.3, 0.4) is 0 Å². The van der Waals surface area contributed by atoms with Crippen LogP contribution in [0, 0.1) is 5.92 Å². The van der Waals surface area contributed by atoms with E-state index < -0.39 is 0 Å². The topological polar surface area (TPSA) is 0 Å². The third kappa shape index (κ3) is 13.7. The fourth-order valence-corrected chi connectivity index (χ4v) is 2.25. The van der Waals surface area contributed by atoms with E-state index in [0.29, 0.717) is 0 Å². The van der Waals surface area contributed by atoms with Crippen LogP contribution in [-0.2, 0) is 0 Å². The number of rotatable bonds is 11. The fourth-order valence-electron chi connectivity index (χ4n) is 2.25. The maximum Gasteiger partial charge on any atom is -0.0346 e. The first kappa shape index (κ1) is 16.7. The zero-order valence-corrected chi connectivity index (χ0v) is 12.7. The molecule has 102 valence electrons. The summed E-state index contributed by atoms with van der Waals surface area (Å²) in [4.78, 5) is 0. The van der Waals surface area contributed by atoms with Crippen molar-refractivity contribution in [2.45, 2.75) is 91.9 Å². The molecular weight excluding hydrogens is 204 g/mol. The standard InChI is InChI=1S/C17H34/c1-5-6-7-8-9-10-11-14-17(4)15-12-13-16(2)3/h13,17H,5-12,14-15H2,1-4H3/t17-/m0/s1. The molecule has 0 aliphatic carbocycles. The predicted octanol–water partition coefficient (Wildman–Crippen LogP) is 6.51. The molecule has 17 heavy (non-hydrogen) atoms. The largest absolute Gasteiger partial charge is 0.0859 e.